The Balaban J connectivity index is 1.74. The van der Waals surface area contributed by atoms with Crippen molar-refractivity contribution in [2.24, 2.45) is 0 Å². The Morgan fingerprint density at radius 1 is 1.27 bits per heavy atom. The number of ether oxygens (including phenoxy) is 1. The molecule has 4 rings (SSSR count). The molecule has 0 aliphatic heterocycles. The molecule has 2 aromatic carbocycles. The number of fused-ring (bicyclic) bond motifs is 2. The van der Waals surface area contributed by atoms with Gasteiger partial charge in [0.15, 0.2) is 5.16 Å². The van der Waals surface area contributed by atoms with Crippen molar-refractivity contribution in [2.45, 2.75) is 11.7 Å². The van der Waals surface area contributed by atoms with Crippen LogP contribution in [0.3, 0.4) is 0 Å². The third kappa shape index (κ3) is 4.50. The first-order valence-corrected chi connectivity index (χ1v) is 11.2. The fraction of sp³-hybridized carbons (Fsp3) is 0.130. The maximum atomic E-state index is 13.0. The minimum atomic E-state index is -0.739. The van der Waals surface area contributed by atoms with E-state index in [1.54, 1.807) is 30.3 Å². The number of imidazole rings is 1. The van der Waals surface area contributed by atoms with Crippen LogP contribution < -0.4 is 5.56 Å². The summed E-state index contributed by atoms with van der Waals surface area (Å²) in [4.78, 5) is 37.4. The number of benzene rings is 2. The van der Waals surface area contributed by atoms with Gasteiger partial charge in [0.25, 0.3) is 5.56 Å². The highest BCUT2D eigenvalue weighted by atomic mass is 35.5. The van der Waals surface area contributed by atoms with E-state index < -0.39 is 5.97 Å². The number of aromatic amines is 1. The number of H-pyrrole nitrogens is 1. The average molecular weight is 483 g/mol. The second kappa shape index (κ2) is 9.51. The van der Waals surface area contributed by atoms with Crippen LogP contribution in [0.2, 0.25) is 5.02 Å². The van der Waals surface area contributed by atoms with Gasteiger partial charge in [-0.05, 0) is 30.3 Å². The summed E-state index contributed by atoms with van der Waals surface area (Å²) in [6.45, 7) is 3.92. The van der Waals surface area contributed by atoms with Crippen molar-refractivity contribution in [1.82, 2.24) is 19.5 Å². The number of thioether (sulfide) groups is 1. The number of para-hydroxylation sites is 2. The van der Waals surface area contributed by atoms with E-state index in [-0.39, 0.29) is 35.0 Å². The normalized spacial score (nSPS) is 12.1. The number of carbonyl (C=O) groups is 1. The van der Waals surface area contributed by atoms with E-state index >= 15 is 0 Å². The van der Waals surface area contributed by atoms with E-state index in [2.05, 4.69) is 21.5 Å². The van der Waals surface area contributed by atoms with Gasteiger partial charge in [0.1, 0.15) is 17.2 Å². The lowest BCUT2D eigenvalue weighted by Gasteiger charge is -2.12. The standard InChI is InChI=1S/C23H19ClN4O4S/c1-3-10-28-21(30)14-11-13(24)8-9-15(14)27-23(28)33-12-18(29)19(22(31)32-2)20-25-16-6-4-5-7-17(16)26-20/h3-9,11,29H,1,10,12H2,2H3,(H,25,26)/b19-18+. The quantitative estimate of drug-likeness (QED) is 0.101. The molecule has 4 aromatic rings. The molecule has 0 aliphatic rings. The molecule has 2 aromatic heterocycles. The minimum Gasteiger partial charge on any atom is -0.510 e. The van der Waals surface area contributed by atoms with Crippen LogP contribution in [0.1, 0.15) is 5.82 Å². The van der Waals surface area contributed by atoms with Crippen LogP contribution in [-0.4, -0.2) is 43.5 Å². The van der Waals surface area contributed by atoms with Crippen molar-refractivity contribution in [3.8, 4) is 0 Å². The number of allylic oxidation sites excluding steroid dienone is 1. The van der Waals surface area contributed by atoms with Gasteiger partial charge in [-0.2, -0.15) is 0 Å². The molecule has 8 nitrogen and oxygen atoms in total. The molecular weight excluding hydrogens is 464 g/mol. The zero-order chi connectivity index (χ0) is 23.5. The van der Waals surface area contributed by atoms with Gasteiger partial charge >= 0.3 is 5.97 Å². The lowest BCUT2D eigenvalue weighted by atomic mass is 10.2. The van der Waals surface area contributed by atoms with Crippen LogP contribution in [0.25, 0.3) is 27.5 Å². The van der Waals surface area contributed by atoms with Gasteiger partial charge in [-0.3, -0.25) is 9.36 Å². The number of aliphatic hydroxyl groups excluding tert-OH is 1. The highest BCUT2D eigenvalue weighted by Gasteiger charge is 2.23. The van der Waals surface area contributed by atoms with E-state index in [1.807, 2.05) is 18.2 Å². The monoisotopic (exact) mass is 482 g/mol. The third-order valence-electron chi connectivity index (χ3n) is 4.84. The summed E-state index contributed by atoms with van der Waals surface area (Å²) in [5.41, 5.74) is 1.46. The topological polar surface area (TPSA) is 110 Å². The molecule has 0 aliphatic carbocycles. The van der Waals surface area contributed by atoms with Crippen LogP contribution in [0.4, 0.5) is 0 Å². The number of aliphatic hydroxyl groups is 1. The van der Waals surface area contributed by atoms with Gasteiger partial charge in [-0.15, -0.1) is 6.58 Å². The van der Waals surface area contributed by atoms with E-state index in [1.165, 1.54) is 11.7 Å². The van der Waals surface area contributed by atoms with Crippen molar-refractivity contribution in [2.75, 3.05) is 12.9 Å². The molecule has 0 amide bonds. The summed E-state index contributed by atoms with van der Waals surface area (Å²) in [6.07, 6.45) is 1.58. The summed E-state index contributed by atoms with van der Waals surface area (Å²) in [5.74, 6) is -0.867. The SMILES string of the molecule is C=CCn1c(SC/C(O)=C(\C(=O)OC)c2nc3ccccc3[nH]2)nc2ccc(Cl)cc2c1=O. The van der Waals surface area contributed by atoms with E-state index in [4.69, 9.17) is 16.3 Å². The number of carbonyl (C=O) groups excluding carboxylic acids is 1. The molecule has 0 spiro atoms. The van der Waals surface area contributed by atoms with Crippen LogP contribution in [0.5, 0.6) is 0 Å². The molecule has 0 radical (unpaired) electrons. The molecule has 0 unspecified atom stereocenters. The van der Waals surface area contributed by atoms with Crippen molar-refractivity contribution < 1.29 is 14.6 Å². The van der Waals surface area contributed by atoms with E-state index in [0.29, 0.717) is 32.1 Å². The number of nitrogens with zero attached hydrogens (tertiary/aromatic N) is 3. The molecule has 0 fully saturated rings. The molecule has 0 saturated carbocycles. The maximum Gasteiger partial charge on any atom is 0.345 e. The Labute approximate surface area is 197 Å². The number of halogens is 1. The second-order valence-corrected chi connectivity index (χ2v) is 8.34. The molecular formula is C23H19ClN4O4S. The van der Waals surface area contributed by atoms with Crippen molar-refractivity contribution in [1.29, 1.82) is 0 Å². The summed E-state index contributed by atoms with van der Waals surface area (Å²) in [6, 6.07) is 12.1. The first kappa shape index (κ1) is 22.6. The molecule has 2 heterocycles. The predicted molar refractivity (Wildman–Crippen MR) is 130 cm³/mol. The van der Waals surface area contributed by atoms with E-state index in [9.17, 15) is 14.7 Å². The number of rotatable bonds is 7. The van der Waals surface area contributed by atoms with Crippen LogP contribution in [0, 0.1) is 0 Å². The van der Waals surface area contributed by atoms with Gasteiger partial charge in [-0.1, -0.05) is 41.6 Å². The lowest BCUT2D eigenvalue weighted by Crippen LogP contribution is -2.23. The summed E-state index contributed by atoms with van der Waals surface area (Å²) in [5, 5.41) is 12.0. The molecule has 2 N–H and O–H groups in total. The van der Waals surface area contributed by atoms with Crippen molar-refractivity contribution in [3.63, 3.8) is 0 Å². The molecule has 33 heavy (non-hydrogen) atoms. The second-order valence-electron chi connectivity index (χ2n) is 6.96. The fourth-order valence-electron chi connectivity index (χ4n) is 3.30. The largest absolute Gasteiger partial charge is 0.510 e. The number of nitrogens with one attached hydrogen (secondary N) is 1. The van der Waals surface area contributed by atoms with E-state index in [0.717, 1.165) is 11.8 Å². The Morgan fingerprint density at radius 3 is 2.79 bits per heavy atom. The lowest BCUT2D eigenvalue weighted by molar-refractivity contribution is -0.133. The first-order valence-electron chi connectivity index (χ1n) is 9.82. The molecule has 10 heteroatoms. The molecule has 0 bridgehead atoms. The third-order valence-corrected chi connectivity index (χ3v) is 6.06. The van der Waals surface area contributed by atoms with Crippen LogP contribution >= 0.6 is 23.4 Å². The van der Waals surface area contributed by atoms with Crippen LogP contribution in [0.15, 0.2) is 70.8 Å². The Hall–Kier alpha value is -3.56. The van der Waals surface area contributed by atoms with Crippen molar-refractivity contribution >= 4 is 56.8 Å². The smallest absolute Gasteiger partial charge is 0.345 e. The van der Waals surface area contributed by atoms with Crippen LogP contribution in [-0.2, 0) is 16.1 Å². The van der Waals surface area contributed by atoms with Gasteiger partial charge in [-0.25, -0.2) is 14.8 Å². The predicted octanol–water partition coefficient (Wildman–Crippen LogP) is 4.35. The zero-order valence-corrected chi connectivity index (χ0v) is 19.1. The highest BCUT2D eigenvalue weighted by molar-refractivity contribution is 7.99. The van der Waals surface area contributed by atoms with Gasteiger partial charge in [0.2, 0.25) is 0 Å². The number of hydrogen-bond donors (Lipinski definition) is 2. The number of esters is 1. The summed E-state index contributed by atoms with van der Waals surface area (Å²) < 4.78 is 6.30. The molecule has 0 saturated heterocycles. The minimum absolute atomic E-state index is 0.0514. The van der Waals surface area contributed by atoms with Gasteiger partial charge < -0.3 is 14.8 Å². The number of hydrogen-bond acceptors (Lipinski definition) is 7. The first-order chi connectivity index (χ1) is 15.9. The zero-order valence-electron chi connectivity index (χ0n) is 17.5. The number of aromatic nitrogens is 4. The van der Waals surface area contributed by atoms with Gasteiger partial charge in [0, 0.05) is 11.6 Å². The Kier molecular flexibility index (Phi) is 6.52. The molecule has 0 atom stereocenters. The molecule has 168 valence electrons. The Morgan fingerprint density at radius 2 is 2.06 bits per heavy atom. The number of methoxy groups -OCH3 is 1. The average Bonchev–Trinajstić information content (AvgIpc) is 3.23. The van der Waals surface area contributed by atoms with Crippen molar-refractivity contribution in [3.05, 3.63) is 82.1 Å². The van der Waals surface area contributed by atoms with Gasteiger partial charge in [0.05, 0.1) is 34.8 Å². The fourth-order valence-corrected chi connectivity index (χ4v) is 4.36. The highest BCUT2D eigenvalue weighted by Crippen LogP contribution is 2.26. The Bertz CT molecular complexity index is 1440. The maximum absolute atomic E-state index is 13.0. The summed E-state index contributed by atoms with van der Waals surface area (Å²) in [7, 11) is 1.23. The summed E-state index contributed by atoms with van der Waals surface area (Å²) >= 11 is 7.14.